The predicted octanol–water partition coefficient (Wildman–Crippen LogP) is 6.46. The van der Waals surface area contributed by atoms with Crippen molar-refractivity contribution in [2.75, 3.05) is 0 Å². The lowest BCUT2D eigenvalue weighted by Gasteiger charge is -2.22. The van der Waals surface area contributed by atoms with Crippen LogP contribution in [0.2, 0.25) is 0 Å². The number of halogens is 3. The van der Waals surface area contributed by atoms with Gasteiger partial charge in [-0.2, -0.15) is 13.2 Å². The topological polar surface area (TPSA) is 92.3 Å². The number of nitrogens with one attached hydrogen (secondary N) is 2. The van der Waals surface area contributed by atoms with E-state index < -0.39 is 45.5 Å². The first-order chi connectivity index (χ1) is 21.4. The largest absolute Gasteiger partial charge is 0.416 e. The van der Waals surface area contributed by atoms with Gasteiger partial charge in [0.05, 0.1) is 10.5 Å². The molecule has 0 aliphatic heterocycles. The fraction of sp³-hybridized carbons (Fsp3) is 0.200. The van der Waals surface area contributed by atoms with E-state index >= 15 is 0 Å². The van der Waals surface area contributed by atoms with Crippen LogP contribution in [0, 0.1) is 6.92 Å². The number of amides is 2. The zero-order valence-corrected chi connectivity index (χ0v) is 25.3. The van der Waals surface area contributed by atoms with E-state index in [1.165, 1.54) is 18.2 Å². The summed E-state index contributed by atoms with van der Waals surface area (Å²) in [5.41, 5.74) is 1.75. The first-order valence-corrected chi connectivity index (χ1v) is 15.8. The summed E-state index contributed by atoms with van der Waals surface area (Å²) in [7, 11) is -3.80. The van der Waals surface area contributed by atoms with E-state index in [9.17, 15) is 31.2 Å². The molecule has 0 saturated carbocycles. The first kappa shape index (κ1) is 33.2. The van der Waals surface area contributed by atoms with E-state index in [0.717, 1.165) is 46.4 Å². The number of carbonyl (C=O) groups excluding carboxylic acids is 2. The number of aryl methyl sites for hydroxylation is 2. The van der Waals surface area contributed by atoms with Crippen molar-refractivity contribution < 1.29 is 31.2 Å². The molecule has 0 aromatic heterocycles. The lowest BCUT2D eigenvalue weighted by molar-refractivity contribution is -0.137. The smallest absolute Gasteiger partial charge is 0.348 e. The molecule has 4 aromatic carbocycles. The molecule has 0 radical (unpaired) electrons. The first-order valence-electron chi connectivity index (χ1n) is 14.3. The maximum Gasteiger partial charge on any atom is 0.416 e. The maximum absolute atomic E-state index is 13.7. The molecule has 45 heavy (non-hydrogen) atoms. The molecular weight excluding hydrogens is 601 g/mol. The van der Waals surface area contributed by atoms with Crippen LogP contribution in [0.25, 0.3) is 0 Å². The number of hydrogen-bond donors (Lipinski definition) is 2. The minimum atomic E-state index is -4.56. The van der Waals surface area contributed by atoms with Gasteiger partial charge in [0.25, 0.3) is 5.91 Å². The number of rotatable bonds is 12. The van der Waals surface area contributed by atoms with Gasteiger partial charge in [-0.05, 0) is 67.3 Å². The average molecular weight is 635 g/mol. The second kappa shape index (κ2) is 14.9. The Hall–Kier alpha value is -4.70. The van der Waals surface area contributed by atoms with Gasteiger partial charge in [0.2, 0.25) is 5.91 Å². The number of alkyl halides is 3. The highest BCUT2D eigenvalue weighted by molar-refractivity contribution is 7.94. The maximum atomic E-state index is 13.7. The van der Waals surface area contributed by atoms with Crippen LogP contribution in [-0.2, 0) is 33.6 Å². The Kier molecular flexibility index (Phi) is 11.0. The van der Waals surface area contributed by atoms with Gasteiger partial charge in [-0.15, -0.1) is 0 Å². The molecule has 2 amide bonds. The molecule has 2 N–H and O–H groups in total. The SMILES string of the molecule is Cc1cccc(C[C@H](NC(=O)c2ccc(C(F)(F)F)cc2)C(=O)N[C@H](/C=C/S(=O)(=O)c2ccccc2)CCc2ccccc2)c1. The fourth-order valence-corrected chi connectivity index (χ4v) is 5.78. The number of sulfone groups is 1. The highest BCUT2D eigenvalue weighted by Gasteiger charge is 2.30. The monoisotopic (exact) mass is 634 g/mol. The number of benzene rings is 4. The Morgan fingerprint density at radius 2 is 1.42 bits per heavy atom. The molecule has 0 spiro atoms. The van der Waals surface area contributed by atoms with E-state index in [4.69, 9.17) is 0 Å². The molecule has 0 aliphatic rings. The molecule has 0 saturated heterocycles. The molecule has 6 nitrogen and oxygen atoms in total. The molecule has 10 heteroatoms. The van der Waals surface area contributed by atoms with Crippen LogP contribution in [0.4, 0.5) is 13.2 Å². The van der Waals surface area contributed by atoms with Gasteiger partial charge < -0.3 is 10.6 Å². The molecule has 2 atom stereocenters. The lowest BCUT2D eigenvalue weighted by atomic mass is 10.0. The van der Waals surface area contributed by atoms with Gasteiger partial charge in [-0.25, -0.2) is 8.42 Å². The molecule has 0 heterocycles. The Labute approximate surface area is 260 Å². The minimum absolute atomic E-state index is 0.0421. The Morgan fingerprint density at radius 3 is 2.04 bits per heavy atom. The van der Waals surface area contributed by atoms with E-state index in [1.54, 1.807) is 24.3 Å². The molecule has 4 aromatic rings. The molecule has 0 bridgehead atoms. The highest BCUT2D eigenvalue weighted by atomic mass is 32.2. The van der Waals surface area contributed by atoms with Crippen molar-refractivity contribution in [1.82, 2.24) is 10.6 Å². The summed E-state index contributed by atoms with van der Waals surface area (Å²) in [4.78, 5) is 27.0. The summed E-state index contributed by atoms with van der Waals surface area (Å²) in [6.45, 7) is 1.89. The summed E-state index contributed by atoms with van der Waals surface area (Å²) in [5.74, 6) is -1.30. The normalized spacial score (nSPS) is 13.2. The summed E-state index contributed by atoms with van der Waals surface area (Å²) < 4.78 is 65.1. The molecule has 0 fully saturated rings. The molecule has 0 aliphatic carbocycles. The van der Waals surface area contributed by atoms with Crippen molar-refractivity contribution in [3.05, 3.63) is 148 Å². The van der Waals surface area contributed by atoms with Crippen molar-refractivity contribution in [2.45, 2.75) is 49.3 Å². The highest BCUT2D eigenvalue weighted by Crippen LogP contribution is 2.29. The van der Waals surface area contributed by atoms with Gasteiger partial charge in [0.1, 0.15) is 6.04 Å². The standard InChI is InChI=1S/C35H33F3N2O4S/c1-25-9-8-12-27(23-25)24-32(40-33(41)28-16-18-29(19-17-28)35(36,37)38)34(42)39-30(20-15-26-10-4-2-5-11-26)21-22-45(43,44)31-13-6-3-7-14-31/h2-14,16-19,21-23,30,32H,15,20,24H2,1H3,(H,39,42)(H,40,41)/b22-21+/t30-,32-/m0/s1. The molecule has 0 unspecified atom stereocenters. The summed E-state index contributed by atoms with van der Waals surface area (Å²) in [5, 5.41) is 6.60. The van der Waals surface area contributed by atoms with Crippen LogP contribution in [0.5, 0.6) is 0 Å². The number of hydrogen-bond acceptors (Lipinski definition) is 4. The van der Waals surface area contributed by atoms with Gasteiger partial charge in [0, 0.05) is 23.4 Å². The number of carbonyl (C=O) groups is 2. The zero-order chi connectivity index (χ0) is 32.5. The van der Waals surface area contributed by atoms with Crippen LogP contribution in [-0.4, -0.2) is 32.3 Å². The molecular formula is C35H33F3N2O4S. The third-order valence-electron chi connectivity index (χ3n) is 7.09. The van der Waals surface area contributed by atoms with E-state index in [-0.39, 0.29) is 16.9 Å². The van der Waals surface area contributed by atoms with Crippen LogP contribution in [0.15, 0.2) is 126 Å². The van der Waals surface area contributed by atoms with Crippen molar-refractivity contribution in [2.24, 2.45) is 0 Å². The fourth-order valence-electron chi connectivity index (χ4n) is 4.69. The predicted molar refractivity (Wildman–Crippen MR) is 167 cm³/mol. The van der Waals surface area contributed by atoms with Crippen LogP contribution >= 0.6 is 0 Å². The third kappa shape index (κ3) is 9.90. The van der Waals surface area contributed by atoms with Crippen LogP contribution in [0.3, 0.4) is 0 Å². The Balaban J connectivity index is 1.58. The second-order valence-corrected chi connectivity index (χ2v) is 12.5. The summed E-state index contributed by atoms with van der Waals surface area (Å²) in [6.07, 6.45) is -2.15. The second-order valence-electron chi connectivity index (χ2n) is 10.6. The van der Waals surface area contributed by atoms with Crippen molar-refractivity contribution in [3.63, 3.8) is 0 Å². The van der Waals surface area contributed by atoms with Crippen molar-refractivity contribution >= 4 is 21.7 Å². The Bertz CT molecular complexity index is 1720. The van der Waals surface area contributed by atoms with Gasteiger partial charge >= 0.3 is 6.18 Å². The average Bonchev–Trinajstić information content (AvgIpc) is 3.02. The summed E-state index contributed by atoms with van der Waals surface area (Å²) in [6, 6.07) is 26.6. The Morgan fingerprint density at radius 1 is 0.800 bits per heavy atom. The van der Waals surface area contributed by atoms with Crippen molar-refractivity contribution in [3.8, 4) is 0 Å². The minimum Gasteiger partial charge on any atom is -0.348 e. The summed E-state index contributed by atoms with van der Waals surface area (Å²) >= 11 is 0. The van der Waals surface area contributed by atoms with Crippen LogP contribution < -0.4 is 10.6 Å². The molecule has 234 valence electrons. The van der Waals surface area contributed by atoms with E-state index in [1.807, 2.05) is 55.5 Å². The lowest BCUT2D eigenvalue weighted by Crippen LogP contribution is -2.50. The van der Waals surface area contributed by atoms with Crippen LogP contribution in [0.1, 0.15) is 39.0 Å². The van der Waals surface area contributed by atoms with Gasteiger partial charge in [-0.1, -0.05) is 84.4 Å². The van der Waals surface area contributed by atoms with Gasteiger partial charge in [-0.3, -0.25) is 9.59 Å². The molecule has 4 rings (SSSR count). The van der Waals surface area contributed by atoms with Crippen molar-refractivity contribution in [1.29, 1.82) is 0 Å². The van der Waals surface area contributed by atoms with E-state index in [2.05, 4.69) is 10.6 Å². The third-order valence-corrected chi connectivity index (χ3v) is 8.54. The van der Waals surface area contributed by atoms with Gasteiger partial charge in [0.15, 0.2) is 9.84 Å². The zero-order valence-electron chi connectivity index (χ0n) is 24.5. The quantitative estimate of drug-likeness (QED) is 0.187. The van der Waals surface area contributed by atoms with E-state index in [0.29, 0.717) is 12.8 Å².